The molecule has 4 aliphatic rings. The minimum Gasteiger partial charge on any atom is -0.487 e. The van der Waals surface area contributed by atoms with Gasteiger partial charge in [-0.1, -0.05) is 23.7 Å². The number of rotatable bonds is 1. The van der Waals surface area contributed by atoms with Gasteiger partial charge < -0.3 is 29.5 Å². The zero-order valence-corrected chi connectivity index (χ0v) is 25.7. The highest BCUT2D eigenvalue weighted by Crippen LogP contribution is 2.45. The summed E-state index contributed by atoms with van der Waals surface area (Å²) in [5.74, 6) is 0.201. The molecule has 0 aromatic heterocycles. The molecule has 43 heavy (non-hydrogen) atoms. The monoisotopic (exact) mass is 610 g/mol. The number of hydrogen-bond acceptors (Lipinski definition) is 6. The Morgan fingerprint density at radius 1 is 1.05 bits per heavy atom. The maximum atomic E-state index is 13.3. The van der Waals surface area contributed by atoms with Crippen molar-refractivity contribution in [3.63, 3.8) is 0 Å². The zero-order chi connectivity index (χ0) is 30.1. The van der Waals surface area contributed by atoms with Crippen molar-refractivity contribution in [3.05, 3.63) is 58.1 Å². The van der Waals surface area contributed by atoms with Crippen molar-refractivity contribution >= 4 is 29.2 Å². The molecule has 0 unspecified atom stereocenters. The Morgan fingerprint density at radius 2 is 1.91 bits per heavy atom. The minimum absolute atomic E-state index is 0.189. The van der Waals surface area contributed by atoms with Crippen molar-refractivity contribution in [1.82, 2.24) is 4.90 Å². The number of aryl methyl sites for hydroxylation is 1. The van der Waals surface area contributed by atoms with Crippen LogP contribution in [0.15, 0.2) is 36.4 Å². The van der Waals surface area contributed by atoms with Crippen LogP contribution in [0.1, 0.15) is 68.1 Å². The highest BCUT2D eigenvalue weighted by atomic mass is 35.5. The number of benzene rings is 2. The second-order valence-electron chi connectivity index (χ2n) is 13.0. The van der Waals surface area contributed by atoms with E-state index in [1.54, 1.807) is 30.1 Å². The standard InChI is InChI=1S/C34H43ClN2O6/c1-36-14-11-22-12-15-42-31(16-22)28-9-6-24(28)20-37-13-3-2-4-23-17-27(35)8-5-25(23)21-43-30-10-7-26(18-29(30)37)34(41,33(39)40)19-32(36)38/h5,7-8,10,17-18,22,24,28,31,41H,2-4,6,9,11-16,19-21H2,1H3,(H,39,40)/t22-,24-,28+,31-,34+/m0/s1. The Morgan fingerprint density at radius 3 is 2.70 bits per heavy atom. The summed E-state index contributed by atoms with van der Waals surface area (Å²) in [7, 11) is 1.70. The second kappa shape index (κ2) is 12.7. The number of nitrogens with zero attached hydrogens (tertiary/aromatic N) is 2. The summed E-state index contributed by atoms with van der Waals surface area (Å²) in [6.45, 7) is 3.19. The normalized spacial score (nSPS) is 30.2. The van der Waals surface area contributed by atoms with Crippen molar-refractivity contribution in [2.24, 2.45) is 17.8 Å². The molecule has 3 aliphatic heterocycles. The SMILES string of the molecule is CN1CC[C@H]2CCO[C@@H](C2)[C@@H]2CC[C@H]2CN2CCCCc3cc(Cl)ccc3COc3ccc(cc32)[C@@](O)(C(=O)O)CC1=O. The lowest BCUT2D eigenvalue weighted by atomic mass is 9.67. The summed E-state index contributed by atoms with van der Waals surface area (Å²) in [5.41, 5.74) is 0.836. The van der Waals surface area contributed by atoms with Crippen LogP contribution in [0.25, 0.3) is 0 Å². The van der Waals surface area contributed by atoms with Crippen LogP contribution < -0.4 is 9.64 Å². The molecule has 9 heteroatoms. The van der Waals surface area contributed by atoms with Gasteiger partial charge in [0.1, 0.15) is 12.4 Å². The van der Waals surface area contributed by atoms with E-state index >= 15 is 0 Å². The minimum atomic E-state index is -2.36. The number of halogens is 1. The van der Waals surface area contributed by atoms with Crippen molar-refractivity contribution in [2.45, 2.75) is 76.1 Å². The molecular weight excluding hydrogens is 568 g/mol. The van der Waals surface area contributed by atoms with Crippen LogP contribution >= 0.6 is 11.6 Å². The first-order valence-corrected chi connectivity index (χ1v) is 16.2. The molecule has 1 saturated carbocycles. The van der Waals surface area contributed by atoms with Gasteiger partial charge in [-0.05, 0) is 110 Å². The molecule has 0 spiro atoms. The maximum Gasteiger partial charge on any atom is 0.340 e. The molecule has 5 atom stereocenters. The van der Waals surface area contributed by atoms with E-state index in [1.165, 1.54) is 5.56 Å². The van der Waals surface area contributed by atoms with Gasteiger partial charge in [-0.15, -0.1) is 0 Å². The number of carbonyl (C=O) groups excluding carboxylic acids is 1. The van der Waals surface area contributed by atoms with Crippen LogP contribution in [0.2, 0.25) is 5.02 Å². The lowest BCUT2D eigenvalue weighted by Crippen LogP contribution is -2.47. The second-order valence-corrected chi connectivity index (χ2v) is 13.5. The topological polar surface area (TPSA) is 99.5 Å². The number of fused-ring (bicyclic) bond motifs is 6. The Balaban J connectivity index is 1.41. The summed E-state index contributed by atoms with van der Waals surface area (Å²) in [6.07, 6.45) is 7.58. The predicted octanol–water partition coefficient (Wildman–Crippen LogP) is 5.41. The molecule has 2 aromatic carbocycles. The van der Waals surface area contributed by atoms with E-state index in [0.717, 1.165) is 82.3 Å². The number of hydrogen-bond donors (Lipinski definition) is 2. The van der Waals surface area contributed by atoms with Crippen LogP contribution in [0.3, 0.4) is 0 Å². The lowest BCUT2D eigenvalue weighted by Gasteiger charge is -2.47. The van der Waals surface area contributed by atoms with E-state index in [0.29, 0.717) is 41.7 Å². The molecule has 2 N–H and O–H groups in total. The van der Waals surface area contributed by atoms with Gasteiger partial charge in [0.25, 0.3) is 0 Å². The molecule has 8 nitrogen and oxygen atoms in total. The fourth-order valence-electron chi connectivity index (χ4n) is 7.41. The van der Waals surface area contributed by atoms with E-state index in [-0.39, 0.29) is 17.6 Å². The predicted molar refractivity (Wildman–Crippen MR) is 164 cm³/mol. The molecule has 6 rings (SSSR count). The van der Waals surface area contributed by atoms with Crippen LogP contribution in [0.5, 0.6) is 5.75 Å². The van der Waals surface area contributed by atoms with Crippen molar-refractivity contribution in [1.29, 1.82) is 0 Å². The Labute approximate surface area is 258 Å². The number of ether oxygens (including phenoxy) is 2. The third-order valence-corrected chi connectivity index (χ3v) is 10.6. The number of carboxylic acid groups (broad SMARTS) is 1. The van der Waals surface area contributed by atoms with Gasteiger partial charge in [-0.25, -0.2) is 4.79 Å². The Kier molecular flexibility index (Phi) is 8.90. The molecular formula is C34H43ClN2O6. The Hall–Kier alpha value is -2.81. The summed E-state index contributed by atoms with van der Waals surface area (Å²) >= 11 is 6.33. The van der Waals surface area contributed by atoms with Crippen LogP contribution in [0.4, 0.5) is 5.69 Å². The van der Waals surface area contributed by atoms with Gasteiger partial charge in [0.2, 0.25) is 5.91 Å². The first kappa shape index (κ1) is 30.2. The van der Waals surface area contributed by atoms with Crippen molar-refractivity contribution in [2.75, 3.05) is 38.2 Å². The lowest BCUT2D eigenvalue weighted by molar-refractivity contribution is -0.164. The van der Waals surface area contributed by atoms with E-state index in [1.807, 2.05) is 18.2 Å². The third kappa shape index (κ3) is 6.38. The van der Waals surface area contributed by atoms with Crippen molar-refractivity contribution < 1.29 is 29.3 Å². The molecule has 1 aliphatic carbocycles. The highest BCUT2D eigenvalue weighted by molar-refractivity contribution is 6.30. The molecule has 2 fully saturated rings. The molecule has 3 heterocycles. The van der Waals surface area contributed by atoms with Gasteiger partial charge >= 0.3 is 5.97 Å². The molecule has 232 valence electrons. The van der Waals surface area contributed by atoms with Crippen LogP contribution in [0, 0.1) is 17.8 Å². The highest BCUT2D eigenvalue weighted by Gasteiger charge is 2.44. The largest absolute Gasteiger partial charge is 0.487 e. The van der Waals surface area contributed by atoms with E-state index < -0.39 is 18.0 Å². The molecule has 4 bridgehead atoms. The zero-order valence-electron chi connectivity index (χ0n) is 25.0. The quantitative estimate of drug-likeness (QED) is 0.446. The molecule has 1 amide bonds. The molecule has 2 aromatic rings. The van der Waals surface area contributed by atoms with Gasteiger partial charge in [0.15, 0.2) is 5.60 Å². The summed E-state index contributed by atoms with van der Waals surface area (Å²) in [6, 6.07) is 11.0. The fourth-order valence-corrected chi connectivity index (χ4v) is 7.60. The number of aliphatic hydroxyl groups is 1. The fraction of sp³-hybridized carbons (Fsp3) is 0.588. The third-order valence-electron chi connectivity index (χ3n) is 10.3. The van der Waals surface area contributed by atoms with Gasteiger partial charge in [-0.3, -0.25) is 4.79 Å². The van der Waals surface area contributed by atoms with Crippen LogP contribution in [-0.4, -0.2) is 66.4 Å². The molecule has 1 saturated heterocycles. The summed E-state index contributed by atoms with van der Waals surface area (Å²) in [5, 5.41) is 22.6. The number of aliphatic carboxylic acids is 1. The average Bonchev–Trinajstić information content (AvgIpc) is 3.00. The number of carbonyl (C=O) groups is 2. The molecule has 0 radical (unpaired) electrons. The van der Waals surface area contributed by atoms with Gasteiger partial charge in [-0.2, -0.15) is 0 Å². The number of amides is 1. The van der Waals surface area contributed by atoms with E-state index in [4.69, 9.17) is 21.1 Å². The number of anilines is 1. The van der Waals surface area contributed by atoms with Gasteiger partial charge in [0.05, 0.1) is 18.2 Å². The maximum absolute atomic E-state index is 13.3. The first-order chi connectivity index (χ1) is 20.7. The van der Waals surface area contributed by atoms with Gasteiger partial charge in [0, 0.05) is 38.3 Å². The average molecular weight is 611 g/mol. The van der Waals surface area contributed by atoms with E-state index in [9.17, 15) is 19.8 Å². The number of carboxylic acids is 1. The van der Waals surface area contributed by atoms with Crippen molar-refractivity contribution in [3.8, 4) is 5.75 Å². The summed E-state index contributed by atoms with van der Waals surface area (Å²) in [4.78, 5) is 29.8. The van der Waals surface area contributed by atoms with Crippen LogP contribution in [-0.2, 0) is 33.0 Å². The smallest absolute Gasteiger partial charge is 0.340 e. The Bertz CT molecular complexity index is 1350. The van der Waals surface area contributed by atoms with E-state index in [2.05, 4.69) is 4.90 Å². The summed E-state index contributed by atoms with van der Waals surface area (Å²) < 4.78 is 12.8. The first-order valence-electron chi connectivity index (χ1n) is 15.8.